The smallest absolute Gasteiger partial charge is 0.262 e. The zero-order valence-electron chi connectivity index (χ0n) is 9.78. The summed E-state index contributed by atoms with van der Waals surface area (Å²) < 4.78 is 10.8. The van der Waals surface area contributed by atoms with E-state index in [2.05, 4.69) is 17.2 Å². The van der Waals surface area contributed by atoms with Crippen LogP contribution in [0.2, 0.25) is 0 Å². The molecule has 0 spiro atoms. The Morgan fingerprint density at radius 3 is 2.88 bits per heavy atom. The Hall–Kier alpha value is -1.55. The Morgan fingerprint density at radius 1 is 1.44 bits per heavy atom. The number of oxazole rings is 1. The molecule has 0 saturated heterocycles. The van der Waals surface area contributed by atoms with E-state index in [0.717, 1.165) is 17.9 Å². The highest BCUT2D eigenvalue weighted by atomic mass is 16.4. The first-order valence-corrected chi connectivity index (χ1v) is 5.37. The fourth-order valence-corrected chi connectivity index (χ4v) is 1.48. The van der Waals surface area contributed by atoms with Crippen LogP contribution in [-0.2, 0) is 6.42 Å². The molecule has 0 aromatic carbocycles. The molecule has 1 unspecified atom stereocenters. The van der Waals surface area contributed by atoms with Crippen LogP contribution in [0.25, 0.3) is 11.7 Å². The van der Waals surface area contributed by atoms with Crippen molar-refractivity contribution in [3.05, 3.63) is 29.9 Å². The molecule has 2 aromatic heterocycles. The van der Waals surface area contributed by atoms with Gasteiger partial charge < -0.3 is 14.2 Å². The molecule has 1 N–H and O–H groups in total. The van der Waals surface area contributed by atoms with Crippen molar-refractivity contribution in [2.75, 3.05) is 7.05 Å². The predicted octanol–water partition coefficient (Wildman–Crippen LogP) is 2.39. The van der Waals surface area contributed by atoms with Crippen LogP contribution in [0, 0.1) is 6.92 Å². The molecule has 4 heteroatoms. The van der Waals surface area contributed by atoms with Crippen molar-refractivity contribution >= 4 is 0 Å². The molecule has 0 aliphatic carbocycles. The van der Waals surface area contributed by atoms with Crippen LogP contribution in [0.15, 0.2) is 27.2 Å². The number of nitrogens with one attached hydrogen (secondary N) is 1. The highest BCUT2D eigenvalue weighted by Crippen LogP contribution is 2.21. The number of aryl methyl sites for hydroxylation is 1. The Balaban J connectivity index is 2.13. The highest BCUT2D eigenvalue weighted by molar-refractivity contribution is 5.44. The minimum atomic E-state index is 0.385. The molecule has 2 aromatic rings. The average Bonchev–Trinajstić information content (AvgIpc) is 2.87. The maximum Gasteiger partial charge on any atom is 0.262 e. The largest absolute Gasteiger partial charge is 0.456 e. The number of hydrogen-bond acceptors (Lipinski definition) is 4. The summed E-state index contributed by atoms with van der Waals surface area (Å²) in [5, 5.41) is 3.16. The molecular weight excluding hydrogens is 204 g/mol. The fraction of sp³-hybridized carbons (Fsp3) is 0.417. The summed E-state index contributed by atoms with van der Waals surface area (Å²) in [6, 6.07) is 4.15. The minimum absolute atomic E-state index is 0.385. The Bertz CT molecular complexity index is 459. The molecule has 0 saturated carbocycles. The van der Waals surface area contributed by atoms with Gasteiger partial charge in [0.1, 0.15) is 12.0 Å². The molecule has 0 fully saturated rings. The van der Waals surface area contributed by atoms with E-state index < -0.39 is 0 Å². The Kier molecular flexibility index (Phi) is 3.10. The molecule has 0 aliphatic rings. The van der Waals surface area contributed by atoms with Gasteiger partial charge >= 0.3 is 0 Å². The van der Waals surface area contributed by atoms with E-state index in [0.29, 0.717) is 17.7 Å². The summed E-state index contributed by atoms with van der Waals surface area (Å²) in [6.07, 6.45) is 2.53. The first kappa shape index (κ1) is 11.0. The maximum absolute atomic E-state index is 5.44. The molecule has 0 aliphatic heterocycles. The Labute approximate surface area is 94.7 Å². The van der Waals surface area contributed by atoms with Gasteiger partial charge in [0, 0.05) is 12.5 Å². The van der Waals surface area contributed by atoms with Gasteiger partial charge in [0.15, 0.2) is 5.76 Å². The lowest BCUT2D eigenvalue weighted by atomic mass is 10.2. The lowest BCUT2D eigenvalue weighted by molar-refractivity contribution is 0.500. The van der Waals surface area contributed by atoms with E-state index in [1.54, 1.807) is 6.26 Å². The number of aromatic nitrogens is 1. The highest BCUT2D eigenvalue weighted by Gasteiger charge is 2.11. The number of rotatable bonds is 4. The molecule has 86 valence electrons. The molecule has 0 radical (unpaired) electrons. The second-order valence-electron chi connectivity index (χ2n) is 3.95. The zero-order chi connectivity index (χ0) is 11.5. The molecule has 0 amide bonds. The van der Waals surface area contributed by atoms with Crippen LogP contribution in [0.3, 0.4) is 0 Å². The van der Waals surface area contributed by atoms with Crippen LogP contribution in [0.4, 0.5) is 0 Å². The standard InChI is InChI=1S/C12H16N2O2/c1-8(13-3)6-10-7-15-12(14-10)11-5-4-9(2)16-11/h4-5,7-8,13H,6H2,1-3H3. The predicted molar refractivity (Wildman–Crippen MR) is 61.2 cm³/mol. The van der Waals surface area contributed by atoms with Crippen LogP contribution in [0.5, 0.6) is 0 Å². The summed E-state index contributed by atoms with van der Waals surface area (Å²) in [6.45, 7) is 4.00. The normalized spacial score (nSPS) is 12.9. The SMILES string of the molecule is CNC(C)Cc1coc(-c2ccc(C)o2)n1. The monoisotopic (exact) mass is 220 g/mol. The van der Waals surface area contributed by atoms with E-state index in [4.69, 9.17) is 8.83 Å². The maximum atomic E-state index is 5.44. The van der Waals surface area contributed by atoms with E-state index in [1.807, 2.05) is 26.1 Å². The lowest BCUT2D eigenvalue weighted by Crippen LogP contribution is -2.23. The Morgan fingerprint density at radius 2 is 2.25 bits per heavy atom. The van der Waals surface area contributed by atoms with Gasteiger partial charge in [-0.15, -0.1) is 0 Å². The van der Waals surface area contributed by atoms with Crippen molar-refractivity contribution in [2.24, 2.45) is 0 Å². The van der Waals surface area contributed by atoms with Crippen molar-refractivity contribution < 1.29 is 8.83 Å². The van der Waals surface area contributed by atoms with Crippen LogP contribution < -0.4 is 5.32 Å². The molecule has 2 heterocycles. The lowest BCUT2D eigenvalue weighted by Gasteiger charge is -2.05. The zero-order valence-corrected chi connectivity index (χ0v) is 9.78. The molecule has 0 bridgehead atoms. The van der Waals surface area contributed by atoms with Crippen molar-refractivity contribution in [3.63, 3.8) is 0 Å². The molecule has 1 atom stereocenters. The summed E-state index contributed by atoms with van der Waals surface area (Å²) in [5.41, 5.74) is 0.936. The first-order valence-electron chi connectivity index (χ1n) is 5.37. The van der Waals surface area contributed by atoms with Gasteiger partial charge in [-0.3, -0.25) is 0 Å². The van der Waals surface area contributed by atoms with E-state index in [-0.39, 0.29) is 0 Å². The molecule has 2 rings (SSSR count). The van der Waals surface area contributed by atoms with Gasteiger partial charge in [0.05, 0.1) is 5.69 Å². The molecular formula is C12H16N2O2. The summed E-state index contributed by atoms with van der Waals surface area (Å²) in [7, 11) is 1.93. The van der Waals surface area contributed by atoms with Gasteiger partial charge in [-0.1, -0.05) is 0 Å². The topological polar surface area (TPSA) is 51.2 Å². The van der Waals surface area contributed by atoms with Crippen molar-refractivity contribution in [3.8, 4) is 11.7 Å². The fourth-order valence-electron chi connectivity index (χ4n) is 1.48. The van der Waals surface area contributed by atoms with Crippen molar-refractivity contribution in [1.29, 1.82) is 0 Å². The van der Waals surface area contributed by atoms with Gasteiger partial charge in [-0.25, -0.2) is 4.98 Å². The molecule has 16 heavy (non-hydrogen) atoms. The van der Waals surface area contributed by atoms with Gasteiger partial charge in [-0.2, -0.15) is 0 Å². The quantitative estimate of drug-likeness (QED) is 0.859. The van der Waals surface area contributed by atoms with Crippen LogP contribution >= 0.6 is 0 Å². The van der Waals surface area contributed by atoms with Gasteiger partial charge in [-0.05, 0) is 33.0 Å². The third-order valence-corrected chi connectivity index (χ3v) is 2.51. The summed E-state index contributed by atoms with van der Waals surface area (Å²) in [4.78, 5) is 4.38. The average molecular weight is 220 g/mol. The first-order chi connectivity index (χ1) is 7.69. The van der Waals surface area contributed by atoms with Gasteiger partial charge in [0.2, 0.25) is 0 Å². The summed E-state index contributed by atoms with van der Waals surface area (Å²) >= 11 is 0. The third kappa shape index (κ3) is 2.33. The number of hydrogen-bond donors (Lipinski definition) is 1. The number of likely N-dealkylation sites (N-methyl/N-ethyl adjacent to an activating group) is 1. The van der Waals surface area contributed by atoms with E-state index in [9.17, 15) is 0 Å². The van der Waals surface area contributed by atoms with Crippen LogP contribution in [-0.4, -0.2) is 18.1 Å². The minimum Gasteiger partial charge on any atom is -0.456 e. The second-order valence-corrected chi connectivity index (χ2v) is 3.95. The number of nitrogens with zero attached hydrogens (tertiary/aromatic N) is 1. The van der Waals surface area contributed by atoms with Crippen molar-refractivity contribution in [2.45, 2.75) is 26.3 Å². The third-order valence-electron chi connectivity index (χ3n) is 2.51. The van der Waals surface area contributed by atoms with Crippen LogP contribution in [0.1, 0.15) is 18.4 Å². The van der Waals surface area contributed by atoms with Crippen molar-refractivity contribution in [1.82, 2.24) is 10.3 Å². The molecule has 4 nitrogen and oxygen atoms in total. The summed E-state index contributed by atoms with van der Waals surface area (Å²) in [5.74, 6) is 2.09. The second kappa shape index (κ2) is 4.53. The van der Waals surface area contributed by atoms with Gasteiger partial charge in [0.25, 0.3) is 5.89 Å². The van der Waals surface area contributed by atoms with E-state index in [1.165, 1.54) is 0 Å². The number of furan rings is 1. The van der Waals surface area contributed by atoms with E-state index >= 15 is 0 Å².